The largest absolute Gasteiger partial charge is 0.478 e. The summed E-state index contributed by atoms with van der Waals surface area (Å²) in [5, 5.41) is 11.8. The minimum absolute atomic E-state index is 0.177. The van der Waals surface area contributed by atoms with Crippen LogP contribution in [0.2, 0.25) is 0 Å². The zero-order valence-corrected chi connectivity index (χ0v) is 13.2. The Kier molecular flexibility index (Phi) is 4.43. The summed E-state index contributed by atoms with van der Waals surface area (Å²) in [6.07, 6.45) is 0. The molecule has 21 heavy (non-hydrogen) atoms. The Balaban J connectivity index is 2.30. The van der Waals surface area contributed by atoms with Gasteiger partial charge in [0.15, 0.2) is 0 Å². The van der Waals surface area contributed by atoms with Crippen molar-refractivity contribution >= 4 is 33.5 Å². The summed E-state index contributed by atoms with van der Waals surface area (Å²) in [6, 6.07) is 10.2. The molecule has 0 aliphatic carbocycles. The minimum atomic E-state index is -1.01. The summed E-state index contributed by atoms with van der Waals surface area (Å²) in [5.74, 6) is -1.30. The first-order chi connectivity index (χ1) is 9.90. The maximum Gasteiger partial charge on any atom is 0.336 e. The normalized spacial score (nSPS) is 10.2. The highest BCUT2D eigenvalue weighted by atomic mass is 79.9. The van der Waals surface area contributed by atoms with Crippen LogP contribution in [0.1, 0.15) is 31.8 Å². The maximum absolute atomic E-state index is 12.3. The van der Waals surface area contributed by atoms with E-state index in [1.54, 1.807) is 31.2 Å². The van der Waals surface area contributed by atoms with Crippen molar-refractivity contribution in [1.29, 1.82) is 0 Å². The highest BCUT2D eigenvalue weighted by Crippen LogP contribution is 2.23. The fraction of sp³-hybridized carbons (Fsp3) is 0.125. The highest BCUT2D eigenvalue weighted by Gasteiger charge is 2.13. The molecule has 108 valence electrons. The van der Waals surface area contributed by atoms with E-state index in [1.807, 2.05) is 13.0 Å². The van der Waals surface area contributed by atoms with Gasteiger partial charge in [-0.1, -0.05) is 18.2 Å². The standard InChI is InChI=1S/C16H14BrNO3/c1-9-6-7-11(8-13(9)16(20)21)18-15(19)12-5-3-4-10(2)14(12)17/h3-8H,1-2H3,(H,18,19)(H,20,21). The molecular formula is C16H14BrNO3. The van der Waals surface area contributed by atoms with Gasteiger partial charge >= 0.3 is 5.97 Å². The molecular weight excluding hydrogens is 334 g/mol. The number of hydrogen-bond donors (Lipinski definition) is 2. The second-order valence-electron chi connectivity index (χ2n) is 4.73. The average Bonchev–Trinajstić information content (AvgIpc) is 2.43. The van der Waals surface area contributed by atoms with E-state index in [9.17, 15) is 9.59 Å². The van der Waals surface area contributed by atoms with Gasteiger partial charge in [0.1, 0.15) is 0 Å². The van der Waals surface area contributed by atoms with Gasteiger partial charge < -0.3 is 10.4 Å². The number of carboxylic acids is 1. The van der Waals surface area contributed by atoms with Crippen LogP contribution in [-0.2, 0) is 0 Å². The Morgan fingerprint density at radius 2 is 1.76 bits per heavy atom. The van der Waals surface area contributed by atoms with Gasteiger partial charge in [-0.2, -0.15) is 0 Å². The van der Waals surface area contributed by atoms with Crippen molar-refractivity contribution in [3.63, 3.8) is 0 Å². The third-order valence-electron chi connectivity index (χ3n) is 3.16. The Labute approximate surface area is 130 Å². The summed E-state index contributed by atoms with van der Waals surface area (Å²) in [7, 11) is 0. The molecule has 2 aromatic rings. The van der Waals surface area contributed by atoms with Gasteiger partial charge in [0.25, 0.3) is 5.91 Å². The number of rotatable bonds is 3. The first-order valence-corrected chi connectivity index (χ1v) is 7.10. The number of aromatic carboxylic acids is 1. The van der Waals surface area contributed by atoms with Crippen LogP contribution in [-0.4, -0.2) is 17.0 Å². The number of carbonyl (C=O) groups is 2. The predicted molar refractivity (Wildman–Crippen MR) is 85.0 cm³/mol. The Bertz CT molecular complexity index is 725. The molecule has 0 radical (unpaired) electrons. The molecule has 4 nitrogen and oxygen atoms in total. The van der Waals surface area contributed by atoms with Crippen molar-refractivity contribution in [2.75, 3.05) is 5.32 Å². The smallest absolute Gasteiger partial charge is 0.336 e. The van der Waals surface area contributed by atoms with Crippen molar-refractivity contribution in [3.05, 3.63) is 63.1 Å². The van der Waals surface area contributed by atoms with Crippen LogP contribution in [0.5, 0.6) is 0 Å². The summed E-state index contributed by atoms with van der Waals surface area (Å²) in [4.78, 5) is 23.4. The zero-order chi connectivity index (χ0) is 15.6. The zero-order valence-electron chi connectivity index (χ0n) is 11.6. The lowest BCUT2D eigenvalue weighted by molar-refractivity contribution is 0.0695. The summed E-state index contributed by atoms with van der Waals surface area (Å²) >= 11 is 3.39. The molecule has 2 rings (SSSR count). The molecule has 0 spiro atoms. The predicted octanol–water partition coefficient (Wildman–Crippen LogP) is 4.02. The lowest BCUT2D eigenvalue weighted by atomic mass is 10.1. The number of anilines is 1. The van der Waals surface area contributed by atoms with E-state index in [-0.39, 0.29) is 11.5 Å². The average molecular weight is 348 g/mol. The second-order valence-corrected chi connectivity index (χ2v) is 5.52. The van der Waals surface area contributed by atoms with Gasteiger partial charge in [0.05, 0.1) is 11.1 Å². The molecule has 5 heteroatoms. The number of amides is 1. The van der Waals surface area contributed by atoms with Crippen LogP contribution in [0, 0.1) is 13.8 Å². The third kappa shape index (κ3) is 3.31. The molecule has 0 fully saturated rings. The van der Waals surface area contributed by atoms with Gasteiger partial charge in [-0.05, 0) is 59.1 Å². The van der Waals surface area contributed by atoms with Crippen molar-refractivity contribution in [1.82, 2.24) is 0 Å². The quantitative estimate of drug-likeness (QED) is 0.881. The van der Waals surface area contributed by atoms with E-state index in [4.69, 9.17) is 5.11 Å². The van der Waals surface area contributed by atoms with E-state index < -0.39 is 5.97 Å². The van der Waals surface area contributed by atoms with E-state index in [0.717, 1.165) is 10.0 Å². The van der Waals surface area contributed by atoms with Crippen molar-refractivity contribution in [2.45, 2.75) is 13.8 Å². The van der Waals surface area contributed by atoms with Gasteiger partial charge in [-0.3, -0.25) is 4.79 Å². The number of carbonyl (C=O) groups excluding carboxylic acids is 1. The van der Waals surface area contributed by atoms with E-state index in [0.29, 0.717) is 16.8 Å². The monoisotopic (exact) mass is 347 g/mol. The third-order valence-corrected chi connectivity index (χ3v) is 4.21. The lowest BCUT2D eigenvalue weighted by Crippen LogP contribution is -2.13. The minimum Gasteiger partial charge on any atom is -0.478 e. The molecule has 0 atom stereocenters. The van der Waals surface area contributed by atoms with Gasteiger partial charge in [-0.25, -0.2) is 4.79 Å². The summed E-state index contributed by atoms with van der Waals surface area (Å²) in [5.41, 5.74) is 2.75. The first-order valence-electron chi connectivity index (χ1n) is 6.30. The lowest BCUT2D eigenvalue weighted by Gasteiger charge is -2.10. The Hall–Kier alpha value is -2.14. The highest BCUT2D eigenvalue weighted by molar-refractivity contribution is 9.10. The molecule has 0 unspecified atom stereocenters. The topological polar surface area (TPSA) is 66.4 Å². The van der Waals surface area contributed by atoms with Crippen molar-refractivity contribution in [2.24, 2.45) is 0 Å². The number of carboxylic acid groups (broad SMARTS) is 1. The van der Waals surface area contributed by atoms with Crippen LogP contribution < -0.4 is 5.32 Å². The van der Waals surface area contributed by atoms with Crippen molar-refractivity contribution in [3.8, 4) is 0 Å². The number of benzene rings is 2. The number of aryl methyl sites for hydroxylation is 2. The van der Waals surface area contributed by atoms with Crippen LogP contribution >= 0.6 is 15.9 Å². The molecule has 1 amide bonds. The van der Waals surface area contributed by atoms with E-state index >= 15 is 0 Å². The molecule has 0 saturated carbocycles. The molecule has 2 N–H and O–H groups in total. The van der Waals surface area contributed by atoms with Crippen LogP contribution in [0.4, 0.5) is 5.69 Å². The SMILES string of the molecule is Cc1ccc(NC(=O)c2cccc(C)c2Br)cc1C(=O)O. The fourth-order valence-electron chi connectivity index (χ4n) is 1.95. The molecule has 0 saturated heterocycles. The maximum atomic E-state index is 12.3. The molecule has 0 heterocycles. The van der Waals surface area contributed by atoms with E-state index in [2.05, 4.69) is 21.2 Å². The molecule has 2 aromatic carbocycles. The Morgan fingerprint density at radius 3 is 2.43 bits per heavy atom. The van der Waals surface area contributed by atoms with Crippen LogP contribution in [0.15, 0.2) is 40.9 Å². The molecule has 0 aliphatic rings. The van der Waals surface area contributed by atoms with Crippen LogP contribution in [0.25, 0.3) is 0 Å². The first kappa shape index (κ1) is 15.3. The number of hydrogen-bond acceptors (Lipinski definition) is 2. The summed E-state index contributed by atoms with van der Waals surface area (Å²) in [6.45, 7) is 3.61. The summed E-state index contributed by atoms with van der Waals surface area (Å²) < 4.78 is 0.730. The van der Waals surface area contributed by atoms with E-state index in [1.165, 1.54) is 6.07 Å². The van der Waals surface area contributed by atoms with Gasteiger partial charge in [-0.15, -0.1) is 0 Å². The van der Waals surface area contributed by atoms with Gasteiger partial charge in [0.2, 0.25) is 0 Å². The number of halogens is 1. The van der Waals surface area contributed by atoms with Crippen molar-refractivity contribution < 1.29 is 14.7 Å². The molecule has 0 aromatic heterocycles. The van der Waals surface area contributed by atoms with Crippen LogP contribution in [0.3, 0.4) is 0 Å². The van der Waals surface area contributed by atoms with Gasteiger partial charge in [0, 0.05) is 10.2 Å². The Morgan fingerprint density at radius 1 is 1.05 bits per heavy atom. The second kappa shape index (κ2) is 6.10. The molecule has 0 aliphatic heterocycles. The fourth-order valence-corrected chi connectivity index (χ4v) is 2.40. The molecule has 0 bridgehead atoms. The number of nitrogens with one attached hydrogen (secondary N) is 1.